The van der Waals surface area contributed by atoms with Crippen molar-refractivity contribution in [3.8, 4) is 11.6 Å². The van der Waals surface area contributed by atoms with Crippen LogP contribution in [0.2, 0.25) is 0 Å². The third-order valence-electron chi connectivity index (χ3n) is 4.74. The Morgan fingerprint density at radius 1 is 1.25 bits per heavy atom. The van der Waals surface area contributed by atoms with Gasteiger partial charge in [-0.25, -0.2) is 4.68 Å². The van der Waals surface area contributed by atoms with Crippen LogP contribution in [0, 0.1) is 0 Å². The van der Waals surface area contributed by atoms with Gasteiger partial charge in [0.25, 0.3) is 0 Å². The van der Waals surface area contributed by atoms with Gasteiger partial charge in [-0.3, -0.25) is 4.90 Å². The maximum absolute atomic E-state index is 6.02. The average Bonchev–Trinajstić information content (AvgIpc) is 3.05. The summed E-state index contributed by atoms with van der Waals surface area (Å²) in [6.07, 6.45) is 0. The van der Waals surface area contributed by atoms with Gasteiger partial charge in [-0.05, 0) is 17.7 Å². The lowest BCUT2D eigenvalue weighted by Crippen LogP contribution is -2.43. The smallest absolute Gasteiger partial charge is 0.237 e. The minimum Gasteiger partial charge on any atom is -0.497 e. The summed E-state index contributed by atoms with van der Waals surface area (Å²) < 4.78 is 13.1. The van der Waals surface area contributed by atoms with Crippen molar-refractivity contribution >= 4 is 0 Å². The highest BCUT2D eigenvalue weighted by Crippen LogP contribution is 2.29. The zero-order valence-corrected chi connectivity index (χ0v) is 13.9. The summed E-state index contributed by atoms with van der Waals surface area (Å²) in [4.78, 5) is 2.39. The van der Waals surface area contributed by atoms with E-state index < -0.39 is 0 Å². The number of ether oxygens (including phenoxy) is 2. The molecular weight excluding hydrogens is 306 g/mol. The maximum Gasteiger partial charge on any atom is 0.237 e. The van der Waals surface area contributed by atoms with Gasteiger partial charge in [0.15, 0.2) is 0 Å². The van der Waals surface area contributed by atoms with Crippen LogP contribution in [0.25, 0.3) is 0 Å². The Labute approximate surface area is 141 Å². The van der Waals surface area contributed by atoms with Crippen molar-refractivity contribution in [1.82, 2.24) is 25.2 Å². The summed E-state index contributed by atoms with van der Waals surface area (Å²) in [6.45, 7) is 6.42. The molecule has 0 aliphatic carbocycles. The third-order valence-corrected chi connectivity index (χ3v) is 4.74. The van der Waals surface area contributed by atoms with Crippen molar-refractivity contribution in [3.63, 3.8) is 0 Å². The number of hydrogen-bond donors (Lipinski definition) is 1. The highest BCUT2D eigenvalue weighted by molar-refractivity contribution is 5.30. The quantitative estimate of drug-likeness (QED) is 0.898. The number of benzene rings is 1. The predicted octanol–water partition coefficient (Wildman–Crippen LogP) is 0.868. The van der Waals surface area contributed by atoms with E-state index in [1.165, 1.54) is 5.56 Å². The number of nitrogens with one attached hydrogen (secondary N) is 1. The van der Waals surface area contributed by atoms with E-state index in [9.17, 15) is 0 Å². The number of fused-ring (bicyclic) bond motifs is 1. The van der Waals surface area contributed by atoms with Gasteiger partial charge in [0.1, 0.15) is 11.4 Å². The summed E-state index contributed by atoms with van der Waals surface area (Å²) in [6, 6.07) is 8.16. The number of nitrogens with zero attached hydrogens (tertiary/aromatic N) is 4. The molecule has 24 heavy (non-hydrogen) atoms. The first-order valence-corrected chi connectivity index (χ1v) is 8.45. The van der Waals surface area contributed by atoms with E-state index in [1.807, 2.05) is 16.8 Å². The molecule has 1 N–H and O–H groups in total. The fourth-order valence-corrected chi connectivity index (χ4v) is 3.32. The Balaban J connectivity index is 1.45. The van der Waals surface area contributed by atoms with Crippen molar-refractivity contribution in [2.24, 2.45) is 0 Å². The highest BCUT2D eigenvalue weighted by atomic mass is 16.5. The molecule has 0 spiro atoms. The second kappa shape index (κ2) is 6.78. The lowest BCUT2D eigenvalue weighted by Gasteiger charge is -2.27. The van der Waals surface area contributed by atoms with Crippen LogP contribution in [0.1, 0.15) is 17.2 Å². The van der Waals surface area contributed by atoms with E-state index in [1.54, 1.807) is 7.11 Å². The normalized spacial score (nSPS) is 21.1. The van der Waals surface area contributed by atoms with E-state index in [0.29, 0.717) is 6.61 Å². The van der Waals surface area contributed by atoms with Crippen LogP contribution in [0.3, 0.4) is 0 Å². The number of aromatic nitrogens is 3. The van der Waals surface area contributed by atoms with Gasteiger partial charge < -0.3 is 14.8 Å². The van der Waals surface area contributed by atoms with Crippen LogP contribution in [-0.4, -0.2) is 59.8 Å². The van der Waals surface area contributed by atoms with Gasteiger partial charge in [-0.1, -0.05) is 17.3 Å². The molecule has 7 heteroatoms. The summed E-state index contributed by atoms with van der Waals surface area (Å²) in [5, 5.41) is 12.0. The largest absolute Gasteiger partial charge is 0.497 e. The zero-order chi connectivity index (χ0) is 16.4. The van der Waals surface area contributed by atoms with Gasteiger partial charge >= 0.3 is 0 Å². The molecule has 0 saturated carbocycles. The maximum atomic E-state index is 6.02. The first kappa shape index (κ1) is 15.4. The minimum atomic E-state index is 0.289. The molecule has 7 nitrogen and oxygen atoms in total. The van der Waals surface area contributed by atoms with Crippen LogP contribution in [-0.2, 0) is 13.1 Å². The standard InChI is InChI=1S/C17H23N5O2/c1-23-15-4-2-13(3-5-15)14-10-22-17(24-12-14)16(19-20-22)11-21-8-6-18-7-9-21/h2-5,14,18H,6-12H2,1H3/t14-/m1/s1. The van der Waals surface area contributed by atoms with Crippen LogP contribution >= 0.6 is 0 Å². The predicted molar refractivity (Wildman–Crippen MR) is 89.4 cm³/mol. The van der Waals surface area contributed by atoms with Gasteiger partial charge in [0.2, 0.25) is 5.88 Å². The van der Waals surface area contributed by atoms with Crippen LogP contribution in [0.15, 0.2) is 24.3 Å². The zero-order valence-electron chi connectivity index (χ0n) is 13.9. The SMILES string of the molecule is COc1ccc([C@H]2COc3c(CN4CCNCC4)nnn3C2)cc1. The molecule has 0 amide bonds. The number of rotatable bonds is 4. The van der Waals surface area contributed by atoms with E-state index >= 15 is 0 Å². The Kier molecular flexibility index (Phi) is 4.36. The summed E-state index contributed by atoms with van der Waals surface area (Å²) in [7, 11) is 1.68. The summed E-state index contributed by atoms with van der Waals surface area (Å²) in [5.74, 6) is 1.99. The van der Waals surface area contributed by atoms with Gasteiger partial charge in [-0.2, -0.15) is 0 Å². The summed E-state index contributed by atoms with van der Waals surface area (Å²) >= 11 is 0. The van der Waals surface area contributed by atoms with Crippen molar-refractivity contribution < 1.29 is 9.47 Å². The van der Waals surface area contributed by atoms with E-state index in [2.05, 4.69) is 32.7 Å². The van der Waals surface area contributed by atoms with E-state index in [4.69, 9.17) is 9.47 Å². The van der Waals surface area contributed by atoms with Crippen LogP contribution in [0.5, 0.6) is 11.6 Å². The molecule has 3 heterocycles. The molecule has 0 radical (unpaired) electrons. The second-order valence-electron chi connectivity index (χ2n) is 6.33. The molecule has 1 fully saturated rings. The molecule has 0 bridgehead atoms. The lowest BCUT2D eigenvalue weighted by molar-refractivity contribution is 0.192. The topological polar surface area (TPSA) is 64.4 Å². The fraction of sp³-hybridized carbons (Fsp3) is 0.529. The molecule has 2 aromatic rings. The van der Waals surface area contributed by atoms with Gasteiger partial charge in [0, 0.05) is 38.6 Å². The Bertz CT molecular complexity index is 679. The molecule has 0 unspecified atom stereocenters. The molecule has 1 saturated heterocycles. The van der Waals surface area contributed by atoms with Crippen molar-refractivity contribution in [1.29, 1.82) is 0 Å². The summed E-state index contributed by atoms with van der Waals surface area (Å²) in [5.41, 5.74) is 2.19. The van der Waals surface area contributed by atoms with Crippen molar-refractivity contribution in [3.05, 3.63) is 35.5 Å². The highest BCUT2D eigenvalue weighted by Gasteiger charge is 2.26. The third kappa shape index (κ3) is 3.09. The Hall–Kier alpha value is -2.12. The second-order valence-corrected chi connectivity index (χ2v) is 6.33. The number of methoxy groups -OCH3 is 1. The molecule has 2 aliphatic heterocycles. The van der Waals surface area contributed by atoms with Crippen molar-refractivity contribution in [2.45, 2.75) is 19.0 Å². The van der Waals surface area contributed by atoms with Crippen molar-refractivity contribution in [2.75, 3.05) is 39.9 Å². The molecule has 1 aromatic heterocycles. The lowest BCUT2D eigenvalue weighted by atomic mass is 9.99. The first-order valence-electron chi connectivity index (χ1n) is 8.45. The number of piperazine rings is 1. The first-order chi connectivity index (χ1) is 11.8. The molecule has 4 rings (SSSR count). The molecular formula is C17H23N5O2. The van der Waals surface area contributed by atoms with E-state index in [-0.39, 0.29) is 5.92 Å². The molecule has 2 aliphatic rings. The molecule has 1 aromatic carbocycles. The van der Waals surface area contributed by atoms with E-state index in [0.717, 1.165) is 56.6 Å². The van der Waals surface area contributed by atoms with Crippen LogP contribution in [0.4, 0.5) is 0 Å². The number of hydrogen-bond acceptors (Lipinski definition) is 6. The van der Waals surface area contributed by atoms with Gasteiger partial charge in [0.05, 0.1) is 20.3 Å². The Morgan fingerprint density at radius 2 is 2.04 bits per heavy atom. The minimum absolute atomic E-state index is 0.289. The van der Waals surface area contributed by atoms with Crippen LogP contribution < -0.4 is 14.8 Å². The average molecular weight is 329 g/mol. The monoisotopic (exact) mass is 329 g/mol. The molecule has 1 atom stereocenters. The molecule has 128 valence electrons. The fourth-order valence-electron chi connectivity index (χ4n) is 3.32. The van der Waals surface area contributed by atoms with Gasteiger partial charge in [-0.15, -0.1) is 5.10 Å². The Morgan fingerprint density at radius 3 is 2.79 bits per heavy atom.